The first-order chi connectivity index (χ1) is 16.0. The predicted octanol–water partition coefficient (Wildman–Crippen LogP) is 2.53. The molecule has 2 aromatic heterocycles. The highest BCUT2D eigenvalue weighted by atomic mass is 19.4. The molecule has 0 radical (unpaired) electrons. The highest BCUT2D eigenvalue weighted by Gasteiger charge is 2.31. The van der Waals surface area contributed by atoms with E-state index in [2.05, 4.69) is 10.3 Å². The molecule has 0 spiro atoms. The predicted molar refractivity (Wildman–Crippen MR) is 115 cm³/mol. The Morgan fingerprint density at radius 3 is 2.47 bits per heavy atom. The molecule has 0 saturated heterocycles. The number of nitrogens with zero attached hydrogens (tertiary/aromatic N) is 4. The summed E-state index contributed by atoms with van der Waals surface area (Å²) in [6.45, 7) is -0.204. The van der Waals surface area contributed by atoms with Gasteiger partial charge in [0.05, 0.1) is 12.1 Å². The van der Waals surface area contributed by atoms with E-state index in [9.17, 15) is 27.6 Å². The van der Waals surface area contributed by atoms with Crippen LogP contribution in [-0.4, -0.2) is 42.1 Å². The molecule has 1 aromatic carbocycles. The molecule has 0 unspecified atom stereocenters. The third-order valence-electron chi connectivity index (χ3n) is 5.97. The molecule has 2 atom stereocenters. The third-order valence-corrected chi connectivity index (χ3v) is 5.97. The number of aryl methyl sites for hydroxylation is 2. The normalized spacial score (nSPS) is 18.4. The van der Waals surface area contributed by atoms with E-state index in [1.165, 1.54) is 28.3 Å². The Kier molecular flexibility index (Phi) is 5.87. The van der Waals surface area contributed by atoms with Crippen LogP contribution in [0, 0.1) is 0 Å². The van der Waals surface area contributed by atoms with Gasteiger partial charge < -0.3 is 19.7 Å². The van der Waals surface area contributed by atoms with Crippen molar-refractivity contribution in [2.24, 2.45) is 14.1 Å². The van der Waals surface area contributed by atoms with Gasteiger partial charge in [-0.05, 0) is 30.5 Å². The number of nitrogens with one attached hydrogen (secondary N) is 1. The maximum absolute atomic E-state index is 13.2. The average Bonchev–Trinajstić information content (AvgIpc) is 3.33. The molecule has 1 saturated carbocycles. The average molecular weight is 481 g/mol. The summed E-state index contributed by atoms with van der Waals surface area (Å²) in [6, 6.07) is 4.12. The number of halogens is 3. The summed E-state index contributed by atoms with van der Waals surface area (Å²) in [7, 11) is 3.06. The summed E-state index contributed by atoms with van der Waals surface area (Å²) in [5, 5.41) is 12.0. The van der Waals surface area contributed by atoms with Crippen LogP contribution in [0.1, 0.15) is 30.4 Å². The van der Waals surface area contributed by atoms with Crippen molar-refractivity contribution in [2.75, 3.05) is 5.32 Å². The fraction of sp³-hybridized carbons (Fsp3) is 0.429. The van der Waals surface area contributed by atoms with Gasteiger partial charge in [0.25, 0.3) is 5.56 Å². The molecular formula is C21H22F3N5O5. The van der Waals surface area contributed by atoms with Crippen molar-refractivity contribution in [3.05, 3.63) is 56.2 Å². The van der Waals surface area contributed by atoms with Gasteiger partial charge in [-0.1, -0.05) is 12.1 Å². The molecular weight excluding hydrogens is 459 g/mol. The molecule has 3 aromatic rings. The molecule has 1 fully saturated rings. The summed E-state index contributed by atoms with van der Waals surface area (Å²) in [6.07, 6.45) is -4.63. The fourth-order valence-electron chi connectivity index (χ4n) is 4.20. The topological polar surface area (TPSA) is 120 Å². The van der Waals surface area contributed by atoms with Crippen LogP contribution in [0.3, 0.4) is 0 Å². The molecule has 182 valence electrons. The fourth-order valence-corrected chi connectivity index (χ4v) is 4.20. The second-order valence-electron chi connectivity index (χ2n) is 8.25. The Morgan fingerprint density at radius 2 is 1.85 bits per heavy atom. The van der Waals surface area contributed by atoms with Gasteiger partial charge in [-0.25, -0.2) is 9.59 Å². The summed E-state index contributed by atoms with van der Waals surface area (Å²) >= 11 is 0. The monoisotopic (exact) mass is 481 g/mol. The summed E-state index contributed by atoms with van der Waals surface area (Å²) in [5.74, 6) is 0.329. The number of benzene rings is 1. The van der Waals surface area contributed by atoms with Crippen LogP contribution in [0.25, 0.3) is 11.2 Å². The van der Waals surface area contributed by atoms with Crippen molar-refractivity contribution < 1.29 is 27.8 Å². The minimum atomic E-state index is -4.48. The van der Waals surface area contributed by atoms with Crippen LogP contribution in [0.2, 0.25) is 0 Å². The zero-order valence-electron chi connectivity index (χ0n) is 18.3. The van der Waals surface area contributed by atoms with E-state index in [4.69, 9.17) is 9.84 Å². The van der Waals surface area contributed by atoms with E-state index in [0.29, 0.717) is 30.8 Å². The van der Waals surface area contributed by atoms with Crippen molar-refractivity contribution in [3.8, 4) is 0 Å². The summed E-state index contributed by atoms with van der Waals surface area (Å²) < 4.78 is 46.9. The van der Waals surface area contributed by atoms with E-state index in [-0.39, 0.29) is 23.8 Å². The number of fused-ring (bicyclic) bond motifs is 1. The van der Waals surface area contributed by atoms with Crippen molar-refractivity contribution in [1.29, 1.82) is 0 Å². The van der Waals surface area contributed by atoms with Crippen LogP contribution in [0.15, 0.2) is 33.9 Å². The lowest BCUT2D eigenvalue weighted by Crippen LogP contribution is -2.39. The lowest BCUT2D eigenvalue weighted by Gasteiger charge is -2.13. The Balaban J connectivity index is 1.65. The van der Waals surface area contributed by atoms with Crippen molar-refractivity contribution in [2.45, 2.75) is 44.1 Å². The van der Waals surface area contributed by atoms with Crippen LogP contribution < -0.4 is 16.6 Å². The molecule has 1 aliphatic carbocycles. The van der Waals surface area contributed by atoms with Gasteiger partial charge in [-0.15, -0.1) is 0 Å². The summed E-state index contributed by atoms with van der Waals surface area (Å²) in [5.41, 5.74) is -1.44. The molecule has 13 heteroatoms. The van der Waals surface area contributed by atoms with Gasteiger partial charge in [0.2, 0.25) is 5.95 Å². The molecule has 1 aliphatic rings. The van der Waals surface area contributed by atoms with Crippen LogP contribution in [0.4, 0.5) is 23.9 Å². The van der Waals surface area contributed by atoms with Crippen LogP contribution in [-0.2, 0) is 31.6 Å². The lowest BCUT2D eigenvalue weighted by molar-refractivity contribution is -0.137. The zero-order valence-corrected chi connectivity index (χ0v) is 18.3. The molecule has 0 amide bonds. The highest BCUT2D eigenvalue weighted by molar-refractivity contribution is 5.74. The van der Waals surface area contributed by atoms with Crippen molar-refractivity contribution in [1.82, 2.24) is 18.7 Å². The molecule has 10 nitrogen and oxygen atoms in total. The summed E-state index contributed by atoms with van der Waals surface area (Å²) in [4.78, 5) is 41.2. The maximum Gasteiger partial charge on any atom is 0.506 e. The third kappa shape index (κ3) is 4.37. The van der Waals surface area contributed by atoms with Crippen LogP contribution in [0.5, 0.6) is 0 Å². The second-order valence-corrected chi connectivity index (χ2v) is 8.25. The number of imidazole rings is 1. The van der Waals surface area contributed by atoms with E-state index >= 15 is 0 Å². The van der Waals surface area contributed by atoms with E-state index in [1.54, 1.807) is 7.05 Å². The number of carbonyl (C=O) groups is 1. The van der Waals surface area contributed by atoms with Gasteiger partial charge in [-0.3, -0.25) is 13.9 Å². The first-order valence-electron chi connectivity index (χ1n) is 10.4. The number of hydrogen-bond donors (Lipinski definition) is 2. The van der Waals surface area contributed by atoms with Gasteiger partial charge in [0.1, 0.15) is 6.10 Å². The number of rotatable bonds is 5. The standard InChI is InChI=1S/C21H22F3N5O5/c1-27-15-16(26-18(27)25-13-7-8-14(9-13)34-20(32)33)28(2)19(31)29(17(15)30)10-11-3-5-12(6-4-11)21(22,23)24/h3-6,13-14H,7-10H2,1-2H3,(H,25,26)(H,32,33)/t13-,14+/m1/s1. The van der Waals surface area contributed by atoms with E-state index in [1.807, 2.05) is 0 Å². The zero-order chi connectivity index (χ0) is 24.8. The Morgan fingerprint density at radius 1 is 1.18 bits per heavy atom. The molecule has 2 N–H and O–H groups in total. The van der Waals surface area contributed by atoms with E-state index in [0.717, 1.165) is 16.7 Å². The Labute approximate surface area is 190 Å². The molecule has 4 rings (SSSR count). The number of aromatic nitrogens is 4. The number of anilines is 1. The van der Waals surface area contributed by atoms with Gasteiger partial charge in [0.15, 0.2) is 11.2 Å². The maximum atomic E-state index is 13.2. The SMILES string of the molecule is Cn1c(N[C@@H]2CC[C@H](OC(=O)O)C2)nc2c1c(=O)n(Cc1ccc(C(F)(F)F)cc1)c(=O)n2C. The number of carboxylic acid groups (broad SMARTS) is 1. The Hall–Kier alpha value is -3.77. The smallest absolute Gasteiger partial charge is 0.450 e. The Bertz CT molecular complexity index is 1360. The lowest BCUT2D eigenvalue weighted by atomic mass is 10.1. The molecule has 0 bridgehead atoms. The highest BCUT2D eigenvalue weighted by Crippen LogP contribution is 2.29. The number of hydrogen-bond acceptors (Lipinski definition) is 6. The first-order valence-corrected chi connectivity index (χ1v) is 10.4. The van der Waals surface area contributed by atoms with Gasteiger partial charge >= 0.3 is 18.0 Å². The number of alkyl halides is 3. The van der Waals surface area contributed by atoms with Crippen molar-refractivity contribution in [3.63, 3.8) is 0 Å². The largest absolute Gasteiger partial charge is 0.506 e. The van der Waals surface area contributed by atoms with Crippen molar-refractivity contribution >= 4 is 23.3 Å². The first kappa shape index (κ1) is 23.4. The number of ether oxygens (including phenoxy) is 1. The van der Waals surface area contributed by atoms with E-state index < -0.39 is 35.2 Å². The molecule has 34 heavy (non-hydrogen) atoms. The quantitative estimate of drug-likeness (QED) is 0.538. The molecule has 2 heterocycles. The minimum Gasteiger partial charge on any atom is -0.450 e. The second kappa shape index (κ2) is 8.54. The van der Waals surface area contributed by atoms with Gasteiger partial charge in [-0.2, -0.15) is 18.2 Å². The minimum absolute atomic E-state index is 0.133. The molecule has 0 aliphatic heterocycles. The van der Waals surface area contributed by atoms with Crippen LogP contribution >= 0.6 is 0 Å². The van der Waals surface area contributed by atoms with Gasteiger partial charge in [0, 0.05) is 26.6 Å².